The molecule has 0 saturated carbocycles. The van der Waals surface area contributed by atoms with Gasteiger partial charge in [0.1, 0.15) is 12.0 Å². The van der Waals surface area contributed by atoms with E-state index in [9.17, 15) is 4.79 Å². The Morgan fingerprint density at radius 2 is 1.83 bits per heavy atom. The van der Waals surface area contributed by atoms with Crippen molar-refractivity contribution in [3.05, 3.63) is 0 Å². The van der Waals surface area contributed by atoms with Crippen molar-refractivity contribution in [2.45, 2.75) is 71.8 Å². The zero-order chi connectivity index (χ0) is 17.6. The van der Waals surface area contributed by atoms with Gasteiger partial charge in [-0.25, -0.2) is 0 Å². The smallest absolute Gasteiger partial charge is 0.321 e. The average molecular weight is 338 g/mol. The van der Waals surface area contributed by atoms with E-state index < -0.39 is 0 Å². The Bertz CT molecular complexity index is 391. The summed E-state index contributed by atoms with van der Waals surface area (Å²) in [6.45, 7) is 11.0. The second kappa shape index (κ2) is 13.3. The lowest BCUT2D eigenvalue weighted by Gasteiger charge is -2.20. The molecule has 2 atom stereocenters. The zero-order valence-electron chi connectivity index (χ0n) is 15.8. The molecule has 0 aromatic rings. The highest BCUT2D eigenvalue weighted by molar-refractivity contribution is 5.77. The Kier molecular flexibility index (Phi) is 11.6. The maximum atomic E-state index is 11.8. The van der Waals surface area contributed by atoms with Crippen molar-refractivity contribution in [3.63, 3.8) is 0 Å². The highest BCUT2D eigenvalue weighted by Crippen LogP contribution is 2.20. The van der Waals surface area contributed by atoms with Gasteiger partial charge in [-0.3, -0.25) is 4.79 Å². The molecule has 0 aromatic heterocycles. The van der Waals surface area contributed by atoms with Crippen LogP contribution in [0.5, 0.6) is 0 Å². The van der Waals surface area contributed by atoms with Gasteiger partial charge < -0.3 is 14.4 Å². The number of rotatable bonds is 12. The average Bonchev–Trinajstić information content (AvgIpc) is 2.93. The van der Waals surface area contributed by atoms with Crippen molar-refractivity contribution in [1.82, 2.24) is 4.90 Å². The third-order valence-electron chi connectivity index (χ3n) is 4.20. The molecule has 24 heavy (non-hydrogen) atoms. The number of unbranched alkanes of at least 4 members (excludes halogenated alkanes) is 2. The number of carbonyl (C=O) groups is 1. The number of esters is 1. The van der Waals surface area contributed by atoms with Gasteiger partial charge in [0, 0.05) is 26.0 Å². The molecule has 1 heterocycles. The second-order valence-electron chi connectivity index (χ2n) is 6.54. The predicted octanol–water partition coefficient (Wildman–Crippen LogP) is 3.64. The molecule has 0 aliphatic carbocycles. The van der Waals surface area contributed by atoms with E-state index >= 15 is 0 Å². The molecule has 1 saturated heterocycles. The molecule has 1 aliphatic heterocycles. The van der Waals surface area contributed by atoms with Crippen molar-refractivity contribution in [3.8, 4) is 11.8 Å². The van der Waals surface area contributed by atoms with Crippen LogP contribution in [-0.2, 0) is 14.3 Å². The van der Waals surface area contributed by atoms with E-state index in [1.165, 1.54) is 25.7 Å². The van der Waals surface area contributed by atoms with E-state index in [4.69, 9.17) is 9.47 Å². The first-order chi connectivity index (χ1) is 11.7. The van der Waals surface area contributed by atoms with Gasteiger partial charge in [0.2, 0.25) is 0 Å². The molecular weight excluding hydrogens is 302 g/mol. The molecule has 4 nitrogen and oxygen atoms in total. The molecule has 1 rings (SSSR count). The van der Waals surface area contributed by atoms with Crippen LogP contribution < -0.4 is 0 Å². The van der Waals surface area contributed by atoms with Crippen molar-refractivity contribution < 1.29 is 14.3 Å². The van der Waals surface area contributed by atoms with Crippen LogP contribution in [0.2, 0.25) is 0 Å². The van der Waals surface area contributed by atoms with E-state index in [0.717, 1.165) is 39.1 Å². The van der Waals surface area contributed by atoms with Crippen LogP contribution in [0, 0.1) is 17.8 Å². The topological polar surface area (TPSA) is 38.8 Å². The fourth-order valence-corrected chi connectivity index (χ4v) is 2.74. The van der Waals surface area contributed by atoms with Crippen LogP contribution in [0.4, 0.5) is 0 Å². The lowest BCUT2D eigenvalue weighted by Crippen LogP contribution is -2.27. The van der Waals surface area contributed by atoms with Crippen LogP contribution in [0.3, 0.4) is 0 Å². The van der Waals surface area contributed by atoms with Crippen molar-refractivity contribution in [2.24, 2.45) is 5.92 Å². The summed E-state index contributed by atoms with van der Waals surface area (Å²) in [5.41, 5.74) is 0. The maximum Gasteiger partial charge on any atom is 0.321 e. The fourth-order valence-electron chi connectivity index (χ4n) is 2.74. The molecule has 4 heteroatoms. The van der Waals surface area contributed by atoms with E-state index in [-0.39, 0.29) is 18.0 Å². The minimum absolute atomic E-state index is 0.117. The van der Waals surface area contributed by atoms with Crippen LogP contribution >= 0.6 is 0 Å². The summed E-state index contributed by atoms with van der Waals surface area (Å²) in [7, 11) is 0. The first-order valence-corrected chi connectivity index (χ1v) is 9.70. The van der Waals surface area contributed by atoms with Crippen molar-refractivity contribution in [1.29, 1.82) is 0 Å². The third-order valence-corrected chi connectivity index (χ3v) is 4.20. The van der Waals surface area contributed by atoms with Gasteiger partial charge in [0.25, 0.3) is 0 Å². The third kappa shape index (κ3) is 8.70. The number of cyclic esters (lactones) is 1. The van der Waals surface area contributed by atoms with Crippen molar-refractivity contribution in [2.75, 3.05) is 32.8 Å². The summed E-state index contributed by atoms with van der Waals surface area (Å²) in [5, 5.41) is 0. The standard InChI is InChI=1S/C20H35NO3/c1-4-7-12-21(13-8-5-2)14-10-9-11-18-16-19(24-20(18)22)17-23-15-6-3/h18-19H,4-8,10,12-17H2,1-3H3/t18-,19-/m1/s1. The number of carbonyl (C=O) groups excluding carboxylic acids is 1. The molecule has 1 aliphatic rings. The summed E-state index contributed by atoms with van der Waals surface area (Å²) in [6.07, 6.45) is 7.30. The molecule has 0 aromatic carbocycles. The molecule has 0 unspecified atom stereocenters. The van der Waals surface area contributed by atoms with Gasteiger partial charge >= 0.3 is 5.97 Å². The molecule has 0 spiro atoms. The van der Waals surface area contributed by atoms with E-state index in [1.54, 1.807) is 0 Å². The lowest BCUT2D eigenvalue weighted by molar-refractivity contribution is -0.144. The van der Waals surface area contributed by atoms with E-state index in [1.807, 2.05) is 0 Å². The monoisotopic (exact) mass is 337 g/mol. The number of nitrogens with zero attached hydrogens (tertiary/aromatic N) is 1. The van der Waals surface area contributed by atoms with Crippen LogP contribution in [0.25, 0.3) is 0 Å². The lowest BCUT2D eigenvalue weighted by atomic mass is 10.1. The molecule has 0 N–H and O–H groups in total. The molecular formula is C20H35NO3. The van der Waals surface area contributed by atoms with Crippen LogP contribution in [0.15, 0.2) is 0 Å². The first-order valence-electron chi connectivity index (χ1n) is 9.70. The summed E-state index contributed by atoms with van der Waals surface area (Å²) < 4.78 is 10.8. The Balaban J connectivity index is 2.31. The van der Waals surface area contributed by atoms with E-state index in [2.05, 4.69) is 37.5 Å². The molecule has 0 amide bonds. The minimum Gasteiger partial charge on any atom is -0.459 e. The first kappa shape index (κ1) is 21.0. The van der Waals surface area contributed by atoms with Gasteiger partial charge in [0.05, 0.1) is 6.61 Å². The Labute approximate surface area is 148 Å². The highest BCUT2D eigenvalue weighted by atomic mass is 16.6. The minimum atomic E-state index is -0.264. The molecule has 138 valence electrons. The number of hydrogen-bond acceptors (Lipinski definition) is 4. The fraction of sp³-hybridized carbons (Fsp3) is 0.850. The molecule has 1 fully saturated rings. The normalized spacial score (nSPS) is 20.1. The highest BCUT2D eigenvalue weighted by Gasteiger charge is 2.33. The Morgan fingerprint density at radius 1 is 1.12 bits per heavy atom. The summed E-state index contributed by atoms with van der Waals surface area (Å²) in [5.74, 6) is 5.86. The predicted molar refractivity (Wildman–Crippen MR) is 97.7 cm³/mol. The van der Waals surface area contributed by atoms with Gasteiger partial charge in [-0.1, -0.05) is 39.5 Å². The SMILES string of the molecule is CCCCN(CCC#C[C@@H]1C[C@H](COCCC)OC1=O)CCCC. The van der Waals surface area contributed by atoms with E-state index in [0.29, 0.717) is 13.0 Å². The van der Waals surface area contributed by atoms with Crippen LogP contribution in [0.1, 0.15) is 65.7 Å². The quantitative estimate of drug-likeness (QED) is 0.310. The summed E-state index contributed by atoms with van der Waals surface area (Å²) >= 11 is 0. The van der Waals surface area contributed by atoms with Crippen LogP contribution in [-0.4, -0.2) is 49.8 Å². The molecule has 0 bridgehead atoms. The zero-order valence-corrected chi connectivity index (χ0v) is 15.8. The Hall–Kier alpha value is -1.05. The largest absolute Gasteiger partial charge is 0.459 e. The number of ether oxygens (including phenoxy) is 2. The maximum absolute atomic E-state index is 11.8. The van der Waals surface area contributed by atoms with Gasteiger partial charge in [-0.05, 0) is 32.4 Å². The summed E-state index contributed by atoms with van der Waals surface area (Å²) in [6, 6.07) is 0. The van der Waals surface area contributed by atoms with Gasteiger partial charge in [-0.2, -0.15) is 0 Å². The van der Waals surface area contributed by atoms with Gasteiger partial charge in [-0.15, -0.1) is 5.92 Å². The Morgan fingerprint density at radius 3 is 2.46 bits per heavy atom. The number of hydrogen-bond donors (Lipinski definition) is 0. The second-order valence-corrected chi connectivity index (χ2v) is 6.54. The van der Waals surface area contributed by atoms with Gasteiger partial charge in [0.15, 0.2) is 0 Å². The summed E-state index contributed by atoms with van der Waals surface area (Å²) in [4.78, 5) is 14.3. The van der Waals surface area contributed by atoms with Crippen molar-refractivity contribution >= 4 is 5.97 Å². The molecule has 0 radical (unpaired) electrons.